The molecule has 0 aromatic carbocycles. The molecule has 25 heavy (non-hydrogen) atoms. The lowest BCUT2D eigenvalue weighted by Gasteiger charge is -2.18. The summed E-state index contributed by atoms with van der Waals surface area (Å²) in [5, 5.41) is 8.74. The van der Waals surface area contributed by atoms with Gasteiger partial charge in [0.05, 0.1) is 0 Å². The Morgan fingerprint density at radius 2 is 1.28 bits per heavy atom. The Balaban J connectivity index is 3.77. The van der Waals surface area contributed by atoms with E-state index in [1.54, 1.807) is 6.92 Å². The first-order valence-electron chi connectivity index (χ1n) is 10.6. The SMILES string of the molecule is C=C(C)C(=O)OC(CCCCCC)CCCCCCCCCCCO. The third-order valence-electron chi connectivity index (χ3n) is 4.69. The zero-order valence-corrected chi connectivity index (χ0v) is 16.9. The second-order valence-electron chi connectivity index (χ2n) is 7.35. The highest BCUT2D eigenvalue weighted by molar-refractivity contribution is 5.87. The van der Waals surface area contributed by atoms with Crippen molar-refractivity contribution in [1.29, 1.82) is 0 Å². The molecule has 0 saturated heterocycles. The molecule has 1 unspecified atom stereocenters. The van der Waals surface area contributed by atoms with Gasteiger partial charge in [0.15, 0.2) is 0 Å². The molecule has 0 aliphatic carbocycles. The predicted molar refractivity (Wildman–Crippen MR) is 107 cm³/mol. The van der Waals surface area contributed by atoms with Gasteiger partial charge in [-0.1, -0.05) is 77.7 Å². The zero-order chi connectivity index (χ0) is 18.8. The minimum absolute atomic E-state index is 0.0690. The molecule has 0 heterocycles. The Hall–Kier alpha value is -0.830. The lowest BCUT2D eigenvalue weighted by molar-refractivity contribution is -0.145. The normalized spacial score (nSPS) is 12.1. The molecule has 0 rings (SSSR count). The minimum Gasteiger partial charge on any atom is -0.459 e. The van der Waals surface area contributed by atoms with Gasteiger partial charge in [0, 0.05) is 12.2 Å². The molecule has 3 heteroatoms. The molecule has 0 bridgehead atoms. The monoisotopic (exact) mass is 354 g/mol. The smallest absolute Gasteiger partial charge is 0.333 e. The molecule has 0 aromatic rings. The fourth-order valence-electron chi connectivity index (χ4n) is 3.03. The Kier molecular flexibility index (Phi) is 17.4. The molecule has 0 amide bonds. The molecular formula is C22H42O3. The fraction of sp³-hybridized carbons (Fsp3) is 0.864. The van der Waals surface area contributed by atoms with E-state index >= 15 is 0 Å². The van der Waals surface area contributed by atoms with Gasteiger partial charge in [-0.05, 0) is 39.0 Å². The Morgan fingerprint density at radius 1 is 0.840 bits per heavy atom. The number of hydrogen-bond donors (Lipinski definition) is 1. The maximum absolute atomic E-state index is 11.8. The summed E-state index contributed by atoms with van der Waals surface area (Å²) >= 11 is 0. The van der Waals surface area contributed by atoms with Gasteiger partial charge >= 0.3 is 5.97 Å². The number of carbonyl (C=O) groups excluding carboxylic acids is 1. The van der Waals surface area contributed by atoms with Crippen LogP contribution in [0.25, 0.3) is 0 Å². The second kappa shape index (κ2) is 18.0. The van der Waals surface area contributed by atoms with Gasteiger partial charge in [-0.3, -0.25) is 0 Å². The van der Waals surface area contributed by atoms with E-state index in [0.29, 0.717) is 12.2 Å². The number of unbranched alkanes of at least 4 members (excludes halogenated alkanes) is 11. The summed E-state index contributed by atoms with van der Waals surface area (Å²) in [4.78, 5) is 11.8. The third-order valence-corrected chi connectivity index (χ3v) is 4.69. The number of ether oxygens (including phenoxy) is 1. The van der Waals surface area contributed by atoms with Crippen LogP contribution in [0.15, 0.2) is 12.2 Å². The van der Waals surface area contributed by atoms with Crippen LogP contribution in [0, 0.1) is 0 Å². The van der Waals surface area contributed by atoms with Gasteiger partial charge in [0.2, 0.25) is 0 Å². The van der Waals surface area contributed by atoms with E-state index < -0.39 is 0 Å². The van der Waals surface area contributed by atoms with Gasteiger partial charge in [-0.15, -0.1) is 0 Å². The van der Waals surface area contributed by atoms with Crippen molar-refractivity contribution in [3.05, 3.63) is 12.2 Å². The van der Waals surface area contributed by atoms with Crippen LogP contribution in [-0.4, -0.2) is 23.8 Å². The lowest BCUT2D eigenvalue weighted by Crippen LogP contribution is -2.18. The standard InChI is InChI=1S/C22H42O3/c1-4-5-6-14-17-21(25-22(24)20(2)3)18-15-12-10-8-7-9-11-13-16-19-23/h21,23H,2,4-19H2,1,3H3. The Bertz CT molecular complexity index is 325. The highest BCUT2D eigenvalue weighted by atomic mass is 16.5. The van der Waals surface area contributed by atoms with Crippen LogP contribution < -0.4 is 0 Å². The number of rotatable bonds is 18. The first-order valence-corrected chi connectivity index (χ1v) is 10.6. The predicted octanol–water partition coefficient (Wildman–Crippen LogP) is 6.34. The highest BCUT2D eigenvalue weighted by Gasteiger charge is 2.14. The van der Waals surface area contributed by atoms with Crippen LogP contribution in [0.3, 0.4) is 0 Å². The number of aliphatic hydroxyl groups excluding tert-OH is 1. The third kappa shape index (κ3) is 16.4. The van der Waals surface area contributed by atoms with Crippen molar-refractivity contribution in [2.45, 2.75) is 116 Å². The largest absolute Gasteiger partial charge is 0.459 e. The lowest BCUT2D eigenvalue weighted by atomic mass is 10.0. The van der Waals surface area contributed by atoms with E-state index in [4.69, 9.17) is 9.84 Å². The van der Waals surface area contributed by atoms with E-state index in [1.165, 1.54) is 57.8 Å². The molecule has 3 nitrogen and oxygen atoms in total. The fourth-order valence-corrected chi connectivity index (χ4v) is 3.03. The summed E-state index contributed by atoms with van der Waals surface area (Å²) < 4.78 is 5.62. The van der Waals surface area contributed by atoms with Crippen LogP contribution in [-0.2, 0) is 9.53 Å². The van der Waals surface area contributed by atoms with Crippen molar-refractivity contribution < 1.29 is 14.6 Å². The molecule has 0 fully saturated rings. The van der Waals surface area contributed by atoms with Gasteiger partial charge in [-0.2, -0.15) is 0 Å². The molecular weight excluding hydrogens is 312 g/mol. The van der Waals surface area contributed by atoms with Gasteiger partial charge < -0.3 is 9.84 Å². The highest BCUT2D eigenvalue weighted by Crippen LogP contribution is 2.17. The molecule has 148 valence electrons. The molecule has 0 radical (unpaired) electrons. The van der Waals surface area contributed by atoms with Crippen LogP contribution >= 0.6 is 0 Å². The topological polar surface area (TPSA) is 46.5 Å². The van der Waals surface area contributed by atoms with E-state index in [9.17, 15) is 4.79 Å². The first kappa shape index (κ1) is 24.2. The number of esters is 1. The summed E-state index contributed by atoms with van der Waals surface area (Å²) in [5.74, 6) is -0.233. The van der Waals surface area contributed by atoms with Gasteiger partial charge in [0.25, 0.3) is 0 Å². The summed E-state index contributed by atoms with van der Waals surface area (Å²) in [7, 11) is 0. The van der Waals surface area contributed by atoms with Crippen LogP contribution in [0.1, 0.15) is 110 Å². The Morgan fingerprint density at radius 3 is 1.72 bits per heavy atom. The van der Waals surface area contributed by atoms with Crippen LogP contribution in [0.4, 0.5) is 0 Å². The number of hydrogen-bond acceptors (Lipinski definition) is 3. The van der Waals surface area contributed by atoms with Crippen molar-refractivity contribution in [3.63, 3.8) is 0 Å². The number of carbonyl (C=O) groups is 1. The van der Waals surface area contributed by atoms with Crippen LogP contribution in [0.2, 0.25) is 0 Å². The van der Waals surface area contributed by atoms with Crippen LogP contribution in [0.5, 0.6) is 0 Å². The van der Waals surface area contributed by atoms with Gasteiger partial charge in [-0.25, -0.2) is 4.79 Å². The van der Waals surface area contributed by atoms with E-state index in [1.807, 2.05) is 0 Å². The molecule has 1 atom stereocenters. The molecule has 0 aliphatic rings. The average molecular weight is 355 g/mol. The first-order chi connectivity index (χ1) is 12.1. The van der Waals surface area contributed by atoms with E-state index in [-0.39, 0.29) is 12.1 Å². The number of aliphatic hydroxyl groups is 1. The minimum atomic E-state index is -0.233. The van der Waals surface area contributed by atoms with Crippen molar-refractivity contribution >= 4 is 5.97 Å². The molecule has 1 N–H and O–H groups in total. The summed E-state index contributed by atoms with van der Waals surface area (Å²) in [5.41, 5.74) is 0.500. The molecule has 0 aromatic heterocycles. The van der Waals surface area contributed by atoms with Crippen molar-refractivity contribution in [3.8, 4) is 0 Å². The van der Waals surface area contributed by atoms with Crippen molar-refractivity contribution in [2.75, 3.05) is 6.61 Å². The quantitative estimate of drug-likeness (QED) is 0.177. The summed E-state index contributed by atoms with van der Waals surface area (Å²) in [6.07, 6.45) is 17.8. The zero-order valence-electron chi connectivity index (χ0n) is 16.9. The summed E-state index contributed by atoms with van der Waals surface area (Å²) in [6.45, 7) is 7.95. The van der Waals surface area contributed by atoms with Crippen molar-refractivity contribution in [2.24, 2.45) is 0 Å². The Labute approximate surface area is 156 Å². The molecule has 0 spiro atoms. The van der Waals surface area contributed by atoms with E-state index in [2.05, 4.69) is 13.5 Å². The molecule has 0 saturated carbocycles. The van der Waals surface area contributed by atoms with Gasteiger partial charge in [0.1, 0.15) is 6.10 Å². The molecule has 0 aliphatic heterocycles. The maximum Gasteiger partial charge on any atom is 0.333 e. The average Bonchev–Trinajstić information content (AvgIpc) is 2.59. The van der Waals surface area contributed by atoms with E-state index in [0.717, 1.165) is 38.5 Å². The second-order valence-corrected chi connectivity index (χ2v) is 7.35. The summed E-state index contributed by atoms with van der Waals surface area (Å²) in [6, 6.07) is 0. The van der Waals surface area contributed by atoms with Crippen molar-refractivity contribution in [1.82, 2.24) is 0 Å². The maximum atomic E-state index is 11.8.